The van der Waals surface area contributed by atoms with Crippen molar-refractivity contribution in [2.24, 2.45) is 11.8 Å². The Bertz CT molecular complexity index is 1720. The third-order valence-corrected chi connectivity index (χ3v) is 11.1. The van der Waals surface area contributed by atoms with Crippen LogP contribution in [0.2, 0.25) is 0 Å². The highest BCUT2D eigenvalue weighted by Crippen LogP contribution is 2.31. The van der Waals surface area contributed by atoms with Gasteiger partial charge in [-0.1, -0.05) is 141 Å². The normalized spacial score (nSPS) is 17.4. The van der Waals surface area contributed by atoms with Crippen molar-refractivity contribution < 1.29 is 38.9 Å². The van der Waals surface area contributed by atoms with Crippen LogP contribution in [0.5, 0.6) is 0 Å². The minimum Gasteiger partial charge on any atom is -0.445 e. The molecule has 2 atom stereocenters. The molecule has 2 unspecified atom stereocenters. The number of hydrogen-bond acceptors (Lipinski definition) is 8. The molecule has 0 aromatic heterocycles. The predicted octanol–water partition coefficient (Wildman–Crippen LogP) is 7.40. The molecule has 0 aliphatic carbocycles. The van der Waals surface area contributed by atoms with E-state index in [1.54, 1.807) is 131 Å². The molecule has 4 aromatic carbocycles. The molecule has 0 radical (unpaired) electrons. The van der Waals surface area contributed by atoms with E-state index in [1.807, 2.05) is 0 Å². The van der Waals surface area contributed by atoms with Crippen LogP contribution < -0.4 is 0 Å². The number of rotatable bonds is 14. The third kappa shape index (κ3) is 9.68. The number of benzene rings is 4. The van der Waals surface area contributed by atoms with E-state index in [4.69, 9.17) is 9.47 Å². The SMILES string of the molecule is O=C(OCC(O)(C(=O)c1ccccc1)c1ccccc1)N1CCC(CCCC2CCN(C(=O)OCC(O)(C(=O)c3ccccc3)c3ccccc3)CC2)CC1. The zero-order valence-electron chi connectivity index (χ0n) is 31.1. The summed E-state index contributed by atoms with van der Waals surface area (Å²) in [5.74, 6) is -0.0792. The van der Waals surface area contributed by atoms with Crippen molar-refractivity contribution in [3.05, 3.63) is 144 Å². The highest BCUT2D eigenvalue weighted by molar-refractivity contribution is 6.03. The van der Waals surface area contributed by atoms with E-state index in [0.29, 0.717) is 60.3 Å². The maximum Gasteiger partial charge on any atom is 0.409 e. The van der Waals surface area contributed by atoms with E-state index in [-0.39, 0.29) is 0 Å². The van der Waals surface area contributed by atoms with Crippen molar-refractivity contribution in [2.45, 2.75) is 56.1 Å². The molecule has 2 N–H and O–H groups in total. The monoisotopic (exact) mass is 746 g/mol. The molecule has 2 amide bonds. The van der Waals surface area contributed by atoms with E-state index in [0.717, 1.165) is 44.9 Å². The lowest BCUT2D eigenvalue weighted by Gasteiger charge is -2.34. The van der Waals surface area contributed by atoms with E-state index in [9.17, 15) is 29.4 Å². The summed E-state index contributed by atoms with van der Waals surface area (Å²) in [6.45, 7) is 1.24. The molecular weight excluding hydrogens is 697 g/mol. The standard InChI is InChI=1S/C45H50N2O8/c48-40(36-16-5-1-6-17-36)44(52,38-20-9-3-10-21-38)32-54-42(50)46-28-24-34(25-29-46)14-13-15-35-26-30-47(31-27-35)43(51)55-33-45(53,39-22-11-4-12-23-39)41(49)37-18-7-2-8-19-37/h1-12,16-23,34-35,52-53H,13-15,24-33H2. The molecule has 10 nitrogen and oxygen atoms in total. The van der Waals surface area contributed by atoms with Crippen molar-refractivity contribution in [1.82, 2.24) is 9.80 Å². The average molecular weight is 747 g/mol. The molecule has 4 aromatic rings. The minimum absolute atomic E-state index is 0.334. The molecule has 0 bridgehead atoms. The zero-order valence-corrected chi connectivity index (χ0v) is 31.1. The fourth-order valence-electron chi connectivity index (χ4n) is 7.66. The van der Waals surface area contributed by atoms with Gasteiger partial charge in [-0.25, -0.2) is 9.59 Å². The van der Waals surface area contributed by atoms with Gasteiger partial charge in [0.25, 0.3) is 0 Å². The molecule has 10 heteroatoms. The number of likely N-dealkylation sites (tertiary alicyclic amines) is 2. The number of piperidine rings is 2. The third-order valence-electron chi connectivity index (χ3n) is 11.1. The Morgan fingerprint density at radius 2 is 0.818 bits per heavy atom. The van der Waals surface area contributed by atoms with Gasteiger partial charge < -0.3 is 29.5 Å². The maximum absolute atomic E-state index is 13.4. The smallest absolute Gasteiger partial charge is 0.409 e. The first-order valence-electron chi connectivity index (χ1n) is 19.3. The number of Topliss-reactive ketones (excluding diaryl/α,β-unsaturated/α-hetero) is 2. The first-order valence-corrected chi connectivity index (χ1v) is 19.3. The van der Waals surface area contributed by atoms with Gasteiger partial charge in [0, 0.05) is 37.3 Å². The molecule has 6 rings (SSSR count). The molecule has 55 heavy (non-hydrogen) atoms. The van der Waals surface area contributed by atoms with Crippen LogP contribution in [0.1, 0.15) is 76.8 Å². The van der Waals surface area contributed by atoms with Crippen molar-refractivity contribution in [3.63, 3.8) is 0 Å². The largest absolute Gasteiger partial charge is 0.445 e. The summed E-state index contributed by atoms with van der Waals surface area (Å²) in [5.41, 5.74) is -2.62. The summed E-state index contributed by atoms with van der Waals surface area (Å²) in [5, 5.41) is 23.2. The second-order valence-electron chi connectivity index (χ2n) is 14.7. The lowest BCUT2D eigenvalue weighted by atomic mass is 9.86. The zero-order chi connectivity index (χ0) is 38.7. The lowest BCUT2D eigenvalue weighted by molar-refractivity contribution is -0.0190. The second-order valence-corrected chi connectivity index (χ2v) is 14.7. The fraction of sp³-hybridized carbons (Fsp3) is 0.378. The van der Waals surface area contributed by atoms with Crippen molar-refractivity contribution in [1.29, 1.82) is 0 Å². The van der Waals surface area contributed by atoms with Gasteiger partial charge in [0.05, 0.1) is 0 Å². The van der Waals surface area contributed by atoms with Crippen LogP contribution in [0.4, 0.5) is 9.59 Å². The molecule has 2 heterocycles. The van der Waals surface area contributed by atoms with Gasteiger partial charge in [-0.2, -0.15) is 0 Å². The Hall–Kier alpha value is -5.32. The number of ether oxygens (including phenoxy) is 2. The Kier molecular flexibility index (Phi) is 13.1. The van der Waals surface area contributed by atoms with Crippen LogP contribution in [-0.4, -0.2) is 83.2 Å². The number of ketones is 2. The Labute approximate surface area is 322 Å². The van der Waals surface area contributed by atoms with Crippen LogP contribution in [0.3, 0.4) is 0 Å². The number of aliphatic hydroxyl groups is 2. The van der Waals surface area contributed by atoms with Crippen molar-refractivity contribution >= 4 is 23.8 Å². The van der Waals surface area contributed by atoms with Crippen molar-refractivity contribution in [3.8, 4) is 0 Å². The quantitative estimate of drug-likeness (QED) is 0.128. The topological polar surface area (TPSA) is 134 Å². The van der Waals surface area contributed by atoms with E-state index >= 15 is 0 Å². The number of hydrogen-bond donors (Lipinski definition) is 2. The molecule has 2 aliphatic rings. The van der Waals surface area contributed by atoms with Gasteiger partial charge in [-0.3, -0.25) is 9.59 Å². The average Bonchev–Trinajstić information content (AvgIpc) is 3.25. The first-order chi connectivity index (χ1) is 26.7. The highest BCUT2D eigenvalue weighted by atomic mass is 16.6. The summed E-state index contributed by atoms with van der Waals surface area (Å²) < 4.78 is 11.2. The van der Waals surface area contributed by atoms with Gasteiger partial charge in [-0.15, -0.1) is 0 Å². The first kappa shape index (κ1) is 39.4. The number of nitrogens with zero attached hydrogens (tertiary/aromatic N) is 2. The van der Waals surface area contributed by atoms with Gasteiger partial charge in [0.15, 0.2) is 11.2 Å². The summed E-state index contributed by atoms with van der Waals surface area (Å²) in [6.07, 6.45) is 5.51. The van der Waals surface area contributed by atoms with Gasteiger partial charge >= 0.3 is 12.2 Å². The summed E-state index contributed by atoms with van der Waals surface area (Å²) in [7, 11) is 0. The number of carbonyl (C=O) groups is 4. The highest BCUT2D eigenvalue weighted by Gasteiger charge is 2.42. The predicted molar refractivity (Wildman–Crippen MR) is 207 cm³/mol. The second kappa shape index (κ2) is 18.3. The summed E-state index contributed by atoms with van der Waals surface area (Å²) in [6, 6.07) is 34.2. The fourth-order valence-corrected chi connectivity index (χ4v) is 7.66. The molecule has 2 aliphatic heterocycles. The van der Waals surface area contributed by atoms with Gasteiger partial charge in [0.2, 0.25) is 11.6 Å². The Morgan fingerprint density at radius 1 is 0.509 bits per heavy atom. The minimum atomic E-state index is -2.01. The maximum atomic E-state index is 13.4. The molecule has 0 spiro atoms. The van der Waals surface area contributed by atoms with E-state index in [1.165, 1.54) is 0 Å². The lowest BCUT2D eigenvalue weighted by Crippen LogP contribution is -2.45. The number of carbonyl (C=O) groups excluding carboxylic acids is 4. The van der Waals surface area contributed by atoms with Gasteiger partial charge in [-0.05, 0) is 48.6 Å². The summed E-state index contributed by atoms with van der Waals surface area (Å²) >= 11 is 0. The molecule has 0 saturated carbocycles. The Morgan fingerprint density at radius 3 is 1.15 bits per heavy atom. The van der Waals surface area contributed by atoms with Gasteiger partial charge in [0.1, 0.15) is 13.2 Å². The molecular formula is C45H50N2O8. The van der Waals surface area contributed by atoms with Crippen LogP contribution in [0.15, 0.2) is 121 Å². The van der Waals surface area contributed by atoms with Crippen LogP contribution in [-0.2, 0) is 20.7 Å². The van der Waals surface area contributed by atoms with E-state index in [2.05, 4.69) is 0 Å². The van der Waals surface area contributed by atoms with E-state index < -0.39 is 48.2 Å². The molecule has 2 fully saturated rings. The molecule has 2 saturated heterocycles. The summed E-state index contributed by atoms with van der Waals surface area (Å²) in [4.78, 5) is 56.4. The Balaban J connectivity index is 0.908. The number of amides is 2. The van der Waals surface area contributed by atoms with Crippen molar-refractivity contribution in [2.75, 3.05) is 39.4 Å². The van der Waals surface area contributed by atoms with Crippen LogP contribution in [0, 0.1) is 11.8 Å². The molecule has 288 valence electrons. The van der Waals surface area contributed by atoms with Crippen LogP contribution >= 0.6 is 0 Å². The van der Waals surface area contributed by atoms with Crippen LogP contribution in [0.25, 0.3) is 0 Å².